The van der Waals surface area contributed by atoms with Crippen molar-refractivity contribution in [2.24, 2.45) is 0 Å². The van der Waals surface area contributed by atoms with Gasteiger partial charge in [-0.25, -0.2) is 0 Å². The summed E-state index contributed by atoms with van der Waals surface area (Å²) in [5.74, 6) is 0. The van der Waals surface area contributed by atoms with Crippen LogP contribution in [0, 0.1) is 0 Å². The molecule has 2 aliphatic rings. The van der Waals surface area contributed by atoms with Crippen molar-refractivity contribution >= 4 is 57.2 Å². The Kier molecular flexibility index (Phi) is 7.89. The summed E-state index contributed by atoms with van der Waals surface area (Å²) in [7, 11) is -3.31. The van der Waals surface area contributed by atoms with Crippen LogP contribution < -0.4 is 25.7 Å². The summed E-state index contributed by atoms with van der Waals surface area (Å²) in [6, 6.07) is 71.8. The molecule has 12 rings (SSSR count). The third kappa shape index (κ3) is 6.08. The minimum Gasteiger partial charge on any atom is -0.309 e. The molecule has 10 aromatic carbocycles. The Morgan fingerprint density at radius 2 is 0.703 bits per heavy atom. The Balaban J connectivity index is 1.07. The van der Waals surface area contributed by atoms with E-state index in [4.69, 9.17) is 6.85 Å². The molecule has 0 atom stereocenters. The molecule has 3 nitrogen and oxygen atoms in total. The molecular formula is C60H41N2OP. The maximum atomic E-state index is 15.8. The van der Waals surface area contributed by atoms with Crippen LogP contribution >= 0.6 is 7.14 Å². The summed E-state index contributed by atoms with van der Waals surface area (Å²) in [4.78, 5) is 4.13. The highest BCUT2D eigenvalue weighted by atomic mass is 31.2. The maximum Gasteiger partial charge on any atom is 0.171 e. The molecule has 302 valence electrons. The average Bonchev–Trinajstić information content (AvgIpc) is 3.61. The molecule has 0 radical (unpaired) electrons. The van der Waals surface area contributed by atoms with Gasteiger partial charge in [0.2, 0.25) is 0 Å². The molecule has 0 spiro atoms. The topological polar surface area (TPSA) is 23.6 Å². The van der Waals surface area contributed by atoms with Crippen LogP contribution in [-0.4, -0.2) is 0 Å². The van der Waals surface area contributed by atoms with E-state index in [9.17, 15) is 0 Å². The molecule has 0 saturated carbocycles. The normalized spacial score (nSPS) is 13.5. The zero-order chi connectivity index (χ0) is 47.0. The Morgan fingerprint density at radius 3 is 1.20 bits per heavy atom. The summed E-state index contributed by atoms with van der Waals surface area (Å²) < 4.78 is 59.8. The molecule has 0 aliphatic carbocycles. The number of benzene rings is 10. The van der Waals surface area contributed by atoms with Gasteiger partial charge in [0.15, 0.2) is 7.14 Å². The predicted molar refractivity (Wildman–Crippen MR) is 269 cm³/mol. The van der Waals surface area contributed by atoms with Crippen molar-refractivity contribution in [3.63, 3.8) is 0 Å². The van der Waals surface area contributed by atoms with Crippen LogP contribution in [0.3, 0.4) is 0 Å². The first-order chi connectivity index (χ1) is 33.7. The first kappa shape index (κ1) is 32.7. The lowest BCUT2D eigenvalue weighted by molar-refractivity contribution is 0.592. The van der Waals surface area contributed by atoms with Crippen molar-refractivity contribution in [2.75, 3.05) is 9.80 Å². The first-order valence-electron chi connectivity index (χ1n) is 23.9. The highest BCUT2D eigenvalue weighted by molar-refractivity contribution is 7.85. The van der Waals surface area contributed by atoms with Gasteiger partial charge in [-0.2, -0.15) is 0 Å². The van der Waals surface area contributed by atoms with Crippen molar-refractivity contribution in [1.82, 2.24) is 0 Å². The number of rotatable bonds is 6. The van der Waals surface area contributed by atoms with Crippen LogP contribution in [0.2, 0.25) is 0 Å². The summed E-state index contributed by atoms with van der Waals surface area (Å²) >= 11 is 0. The highest BCUT2D eigenvalue weighted by Gasteiger charge is 2.32. The summed E-state index contributed by atoms with van der Waals surface area (Å²) in [5.41, 5.74) is 14.2. The van der Waals surface area contributed by atoms with Crippen LogP contribution in [0.1, 0.15) is 6.85 Å². The quantitative estimate of drug-likeness (QED) is 0.156. The van der Waals surface area contributed by atoms with Crippen molar-refractivity contribution in [3.8, 4) is 55.6 Å². The van der Waals surface area contributed by atoms with Gasteiger partial charge in [-0.3, -0.25) is 0 Å². The van der Waals surface area contributed by atoms with E-state index < -0.39 is 25.3 Å². The number of hydrogen-bond donors (Lipinski definition) is 0. The zero-order valence-corrected chi connectivity index (χ0v) is 35.4. The van der Waals surface area contributed by atoms with Gasteiger partial charge in [0.1, 0.15) is 0 Å². The van der Waals surface area contributed by atoms with E-state index >= 15 is 4.57 Å². The van der Waals surface area contributed by atoms with Crippen LogP contribution in [0.25, 0.3) is 55.6 Å². The van der Waals surface area contributed by atoms with Gasteiger partial charge in [0, 0.05) is 49.5 Å². The van der Waals surface area contributed by atoms with Crippen molar-refractivity contribution in [1.29, 1.82) is 0 Å². The maximum absolute atomic E-state index is 15.8. The molecule has 0 unspecified atom stereocenters. The molecule has 2 heterocycles. The summed E-state index contributed by atoms with van der Waals surface area (Å²) in [6.45, 7) is 0. The lowest BCUT2D eigenvalue weighted by atomic mass is 9.90. The summed E-state index contributed by atoms with van der Waals surface area (Å²) in [6.07, 6.45) is 0. The second kappa shape index (κ2) is 15.4. The second-order valence-electron chi connectivity index (χ2n) is 16.0. The number of fused-ring (bicyclic) bond motifs is 10. The van der Waals surface area contributed by atoms with Gasteiger partial charge in [0.05, 0.1) is 29.6 Å². The fourth-order valence-electron chi connectivity index (χ4n) is 9.64. The minimum absolute atomic E-state index is 0.0875. The molecule has 4 heteroatoms. The molecule has 10 aromatic rings. The van der Waals surface area contributed by atoms with Gasteiger partial charge in [-0.05, 0) is 94.0 Å². The van der Waals surface area contributed by atoms with Gasteiger partial charge < -0.3 is 14.4 Å². The van der Waals surface area contributed by atoms with Crippen molar-refractivity contribution in [2.45, 2.75) is 0 Å². The number of para-hydroxylation sites is 3. The third-order valence-corrected chi connectivity index (χ3v) is 15.6. The number of nitrogens with zero attached hydrogens (tertiary/aromatic N) is 2. The fourth-order valence-corrected chi connectivity index (χ4v) is 12.3. The van der Waals surface area contributed by atoms with Crippen molar-refractivity contribution < 1.29 is 11.4 Å². The minimum atomic E-state index is -3.31. The van der Waals surface area contributed by atoms with E-state index in [1.807, 2.05) is 120 Å². The molecule has 0 fully saturated rings. The first-order valence-corrected chi connectivity index (χ1v) is 23.1. The molecular weight excluding hydrogens is 796 g/mol. The van der Waals surface area contributed by atoms with Crippen LogP contribution in [-0.2, 0) is 4.57 Å². The van der Waals surface area contributed by atoms with E-state index in [0.29, 0.717) is 11.4 Å². The largest absolute Gasteiger partial charge is 0.309 e. The lowest BCUT2D eigenvalue weighted by Gasteiger charge is -2.29. The van der Waals surface area contributed by atoms with Gasteiger partial charge >= 0.3 is 0 Å². The van der Waals surface area contributed by atoms with E-state index in [0.717, 1.165) is 88.6 Å². The van der Waals surface area contributed by atoms with Crippen LogP contribution in [0.5, 0.6) is 0 Å². The van der Waals surface area contributed by atoms with E-state index in [2.05, 4.69) is 108 Å². The van der Waals surface area contributed by atoms with E-state index in [1.54, 1.807) is 0 Å². The Bertz CT molecular complexity index is 3680. The molecule has 0 N–H and O–H groups in total. The van der Waals surface area contributed by atoms with Gasteiger partial charge in [-0.1, -0.05) is 188 Å². The Morgan fingerprint density at radius 1 is 0.312 bits per heavy atom. The summed E-state index contributed by atoms with van der Waals surface area (Å²) in [5, 5.41) is 2.27. The van der Waals surface area contributed by atoms with E-state index in [-0.39, 0.29) is 17.8 Å². The molecule has 2 aliphatic heterocycles. The van der Waals surface area contributed by atoms with Crippen molar-refractivity contribution in [3.05, 3.63) is 249 Å². The van der Waals surface area contributed by atoms with Crippen LogP contribution in [0.15, 0.2) is 249 Å². The monoisotopic (exact) mass is 841 g/mol. The lowest BCUT2D eigenvalue weighted by Crippen LogP contribution is -2.25. The molecule has 0 aromatic heterocycles. The number of anilines is 6. The Labute approximate surface area is 381 Å². The predicted octanol–water partition coefficient (Wildman–Crippen LogP) is 15.2. The number of hydrogen-bond acceptors (Lipinski definition) is 3. The van der Waals surface area contributed by atoms with Gasteiger partial charge in [-0.15, -0.1) is 0 Å². The molecule has 0 amide bonds. The average molecular weight is 842 g/mol. The highest BCUT2D eigenvalue weighted by Crippen LogP contribution is 2.54. The second-order valence-corrected chi connectivity index (χ2v) is 18.8. The molecule has 0 bridgehead atoms. The third-order valence-electron chi connectivity index (χ3n) is 12.5. The van der Waals surface area contributed by atoms with E-state index in [1.165, 1.54) is 0 Å². The molecule has 0 saturated heterocycles. The Hall–Kier alpha value is -7.97. The molecule has 64 heavy (non-hydrogen) atoms. The zero-order valence-electron chi connectivity index (χ0n) is 39.5. The van der Waals surface area contributed by atoms with Crippen LogP contribution in [0.4, 0.5) is 34.1 Å². The smallest absolute Gasteiger partial charge is 0.171 e. The standard InChI is InChI=1S/C60H41N2OP/c63-64(46-22-6-2-7-23-46,47-24-8-3-9-25-47)48-26-18-21-45(41-48)62-58-34-17-15-32-54(58)50-28-11-13-30-52(50)56-40-43(36-38-60(56)62)42-35-37-59-55(39-42)51-29-12-10-27-49(51)53-31-14-16-33-57(53)61(59)44-19-4-1-5-20-44/h1-41H/i1D,4D,5D,19D,20D. The SMILES string of the molecule is [2H]c1c([2H])c([2H])c(N2c3ccccc3-c3ccccc3-c3cc(-c4ccc5c(c4)-c4ccccc4-c4ccccc4N5c4cccc(P(=O)(c5ccccc5)c5ccccc5)c4)ccc32)c([2H])c1[2H]. The fraction of sp³-hybridized carbons (Fsp3) is 0. The van der Waals surface area contributed by atoms with Gasteiger partial charge in [0.25, 0.3) is 0 Å².